The number of nitrogens with one attached hydrogen (secondary N) is 1. The van der Waals surface area contributed by atoms with Crippen molar-refractivity contribution in [2.75, 3.05) is 16.8 Å². The number of benzene rings is 2. The van der Waals surface area contributed by atoms with Crippen LogP contribution in [0, 0.1) is 0 Å². The summed E-state index contributed by atoms with van der Waals surface area (Å²) in [6, 6.07) is 21.2. The first kappa shape index (κ1) is 24.9. The van der Waals surface area contributed by atoms with Crippen molar-refractivity contribution in [1.82, 2.24) is 10.3 Å². The zero-order chi connectivity index (χ0) is 26.4. The fourth-order valence-electron chi connectivity index (χ4n) is 6.22. The Morgan fingerprint density at radius 1 is 1.03 bits per heavy atom. The third-order valence-corrected chi connectivity index (χ3v) is 8.72. The van der Waals surface area contributed by atoms with E-state index in [1.54, 1.807) is 0 Å². The largest absolute Gasteiger partial charge is 0.490 e. The average Bonchev–Trinajstić information content (AvgIpc) is 3.55. The van der Waals surface area contributed by atoms with Gasteiger partial charge in [-0.25, -0.2) is 0 Å². The van der Waals surface area contributed by atoms with E-state index in [0.717, 1.165) is 30.0 Å². The smallest absolute Gasteiger partial charge is 0.174 e. The SMILES string of the molecule is CC1=CC(C)(C)N(C)c2ccc([C@@H]3[C@@H](c4ccccn4)NC(=S)N3c3ccc(OC4CCCC4)cc3)cc21. The summed E-state index contributed by atoms with van der Waals surface area (Å²) in [5.41, 5.74) is 7.02. The van der Waals surface area contributed by atoms with Crippen molar-refractivity contribution in [3.63, 3.8) is 0 Å². The number of likely N-dealkylation sites (N-methyl/N-ethyl adjacent to an activating group) is 1. The molecule has 5 nitrogen and oxygen atoms in total. The Kier molecular flexibility index (Phi) is 6.39. The Hall–Kier alpha value is -3.38. The fourth-order valence-corrected chi connectivity index (χ4v) is 6.56. The third kappa shape index (κ3) is 4.45. The number of allylic oxidation sites excluding steroid dienone is 1. The van der Waals surface area contributed by atoms with Gasteiger partial charge in [-0.15, -0.1) is 0 Å². The summed E-state index contributed by atoms with van der Waals surface area (Å²) >= 11 is 5.95. The molecule has 2 atom stereocenters. The molecule has 38 heavy (non-hydrogen) atoms. The van der Waals surface area contributed by atoms with E-state index < -0.39 is 0 Å². The standard InChI is InChI=1S/C32H36N4OS/c1-21-20-32(2,3)35(4)28-17-12-22(19-26(21)28)30-29(27-11-7-8-18-33-27)34-31(38)36(30)23-13-15-25(16-14-23)37-24-9-5-6-10-24/h7-8,11-20,24,29-30H,5-6,9-10H2,1-4H3,(H,34,38)/t29-,30-/m1/s1. The molecule has 0 amide bonds. The highest BCUT2D eigenvalue weighted by molar-refractivity contribution is 7.80. The second-order valence-electron chi connectivity index (χ2n) is 11.3. The Morgan fingerprint density at radius 2 is 1.79 bits per heavy atom. The molecule has 1 N–H and O–H groups in total. The van der Waals surface area contributed by atoms with Gasteiger partial charge in [-0.2, -0.15) is 0 Å². The van der Waals surface area contributed by atoms with Crippen LogP contribution in [0.5, 0.6) is 5.75 Å². The number of rotatable bonds is 5. The molecule has 0 spiro atoms. The van der Waals surface area contributed by atoms with E-state index in [0.29, 0.717) is 11.2 Å². The zero-order valence-corrected chi connectivity index (χ0v) is 23.5. The van der Waals surface area contributed by atoms with Crippen molar-refractivity contribution in [2.45, 2.75) is 70.2 Å². The van der Waals surface area contributed by atoms with E-state index >= 15 is 0 Å². The van der Waals surface area contributed by atoms with Crippen LogP contribution in [-0.2, 0) is 0 Å². The number of thiocarbonyl (C=S) groups is 1. The molecular formula is C32H36N4OS. The molecule has 1 saturated carbocycles. The lowest BCUT2D eigenvalue weighted by atomic mass is 9.86. The maximum Gasteiger partial charge on any atom is 0.174 e. The molecular weight excluding hydrogens is 488 g/mol. The zero-order valence-electron chi connectivity index (χ0n) is 22.6. The lowest BCUT2D eigenvalue weighted by Crippen LogP contribution is -2.42. The van der Waals surface area contributed by atoms with Crippen LogP contribution in [0.15, 0.2) is 72.9 Å². The molecule has 196 valence electrons. The highest BCUT2D eigenvalue weighted by Gasteiger charge is 2.41. The summed E-state index contributed by atoms with van der Waals surface area (Å²) in [4.78, 5) is 9.31. The van der Waals surface area contributed by atoms with Gasteiger partial charge in [0.1, 0.15) is 5.75 Å². The normalized spacial score (nSPS) is 22.7. The van der Waals surface area contributed by atoms with Gasteiger partial charge in [0.05, 0.1) is 29.4 Å². The Bertz CT molecular complexity index is 1360. The Labute approximate surface area is 231 Å². The van der Waals surface area contributed by atoms with Crippen LogP contribution in [0.25, 0.3) is 5.57 Å². The molecule has 1 aromatic heterocycles. The van der Waals surface area contributed by atoms with Gasteiger partial charge in [-0.1, -0.05) is 18.2 Å². The molecule has 2 fully saturated rings. The van der Waals surface area contributed by atoms with Gasteiger partial charge in [-0.3, -0.25) is 4.98 Å². The van der Waals surface area contributed by atoms with E-state index in [1.807, 2.05) is 18.3 Å². The Morgan fingerprint density at radius 3 is 2.50 bits per heavy atom. The van der Waals surface area contributed by atoms with Crippen LogP contribution < -0.4 is 19.9 Å². The van der Waals surface area contributed by atoms with Crippen molar-refractivity contribution in [3.8, 4) is 5.75 Å². The van der Waals surface area contributed by atoms with Crippen molar-refractivity contribution >= 4 is 34.3 Å². The van der Waals surface area contributed by atoms with Gasteiger partial charge in [0.25, 0.3) is 0 Å². The predicted octanol–water partition coefficient (Wildman–Crippen LogP) is 7.21. The van der Waals surface area contributed by atoms with E-state index in [2.05, 4.69) is 97.5 Å². The topological polar surface area (TPSA) is 40.6 Å². The molecule has 0 unspecified atom stereocenters. The van der Waals surface area contributed by atoms with Crippen molar-refractivity contribution in [2.24, 2.45) is 0 Å². The van der Waals surface area contributed by atoms with Gasteiger partial charge >= 0.3 is 0 Å². The summed E-state index contributed by atoms with van der Waals surface area (Å²) < 4.78 is 6.23. The van der Waals surface area contributed by atoms with Crippen LogP contribution in [0.1, 0.15) is 75.4 Å². The van der Waals surface area contributed by atoms with Gasteiger partial charge < -0.3 is 19.9 Å². The second kappa shape index (κ2) is 9.73. The molecule has 3 aliphatic rings. The Balaban J connectivity index is 1.39. The molecule has 6 rings (SSSR count). The lowest BCUT2D eigenvalue weighted by molar-refractivity contribution is 0.210. The summed E-state index contributed by atoms with van der Waals surface area (Å²) in [6.07, 6.45) is 9.36. The number of aromatic nitrogens is 1. The molecule has 0 radical (unpaired) electrons. The minimum atomic E-state index is -0.0711. The van der Waals surface area contributed by atoms with Crippen molar-refractivity contribution in [3.05, 3.63) is 89.8 Å². The average molecular weight is 525 g/mol. The van der Waals surface area contributed by atoms with Crippen LogP contribution in [0.4, 0.5) is 11.4 Å². The summed E-state index contributed by atoms with van der Waals surface area (Å²) in [7, 11) is 2.17. The van der Waals surface area contributed by atoms with E-state index in [9.17, 15) is 0 Å². The summed E-state index contributed by atoms with van der Waals surface area (Å²) in [6.45, 7) is 6.73. The van der Waals surface area contributed by atoms with Gasteiger partial charge in [0.2, 0.25) is 0 Å². The molecule has 6 heteroatoms. The van der Waals surface area contributed by atoms with Crippen LogP contribution in [-0.4, -0.2) is 28.8 Å². The second-order valence-corrected chi connectivity index (χ2v) is 11.7. The molecule has 3 aromatic rings. The molecule has 1 aliphatic carbocycles. The van der Waals surface area contributed by atoms with E-state index in [4.69, 9.17) is 21.9 Å². The number of anilines is 2. The molecule has 2 aliphatic heterocycles. The fraction of sp³-hybridized carbons (Fsp3) is 0.375. The predicted molar refractivity (Wildman–Crippen MR) is 160 cm³/mol. The highest BCUT2D eigenvalue weighted by atomic mass is 32.1. The number of hydrogen-bond donors (Lipinski definition) is 1. The van der Waals surface area contributed by atoms with Crippen LogP contribution in [0.2, 0.25) is 0 Å². The first-order valence-electron chi connectivity index (χ1n) is 13.7. The number of ether oxygens (including phenoxy) is 1. The number of hydrogen-bond acceptors (Lipinski definition) is 4. The van der Waals surface area contributed by atoms with Crippen LogP contribution in [0.3, 0.4) is 0 Å². The highest BCUT2D eigenvalue weighted by Crippen LogP contribution is 2.45. The number of nitrogens with zero attached hydrogens (tertiary/aromatic N) is 3. The molecule has 0 bridgehead atoms. The van der Waals surface area contributed by atoms with Gasteiger partial charge in [0, 0.05) is 30.2 Å². The minimum Gasteiger partial charge on any atom is -0.490 e. The van der Waals surface area contributed by atoms with E-state index in [1.165, 1.54) is 35.2 Å². The lowest BCUT2D eigenvalue weighted by Gasteiger charge is -2.41. The quantitative estimate of drug-likeness (QED) is 0.356. The van der Waals surface area contributed by atoms with Gasteiger partial charge in [-0.05, 0) is 118 Å². The van der Waals surface area contributed by atoms with E-state index in [-0.39, 0.29) is 17.6 Å². The minimum absolute atomic E-state index is 0.0279. The maximum absolute atomic E-state index is 6.23. The first-order chi connectivity index (χ1) is 18.3. The first-order valence-corrected chi connectivity index (χ1v) is 14.1. The molecule has 1 saturated heterocycles. The van der Waals surface area contributed by atoms with Crippen molar-refractivity contribution in [1.29, 1.82) is 0 Å². The summed E-state index contributed by atoms with van der Waals surface area (Å²) in [5.74, 6) is 0.928. The van der Waals surface area contributed by atoms with Crippen LogP contribution >= 0.6 is 12.2 Å². The maximum atomic E-state index is 6.23. The third-order valence-electron chi connectivity index (χ3n) is 8.40. The summed E-state index contributed by atoms with van der Waals surface area (Å²) in [5, 5.41) is 4.30. The molecule has 2 aromatic carbocycles. The van der Waals surface area contributed by atoms with Gasteiger partial charge in [0.15, 0.2) is 5.11 Å². The van der Waals surface area contributed by atoms with Crippen molar-refractivity contribution < 1.29 is 4.74 Å². The number of fused-ring (bicyclic) bond motifs is 1. The number of pyridine rings is 1. The monoisotopic (exact) mass is 524 g/mol. The molecule has 3 heterocycles.